The molecule has 3 rings (SSSR count). The minimum atomic E-state index is 0.232. The molecule has 3 aromatic rings. The zero-order chi connectivity index (χ0) is 16.6. The second-order valence-electron chi connectivity index (χ2n) is 5.58. The van der Waals surface area contributed by atoms with Crippen molar-refractivity contribution in [2.24, 2.45) is 0 Å². The van der Waals surface area contributed by atoms with Crippen LogP contribution in [0.3, 0.4) is 0 Å². The van der Waals surface area contributed by atoms with Crippen LogP contribution < -0.4 is 5.73 Å². The van der Waals surface area contributed by atoms with Crippen molar-refractivity contribution in [3.63, 3.8) is 0 Å². The molecule has 3 N–H and O–H groups in total. The second kappa shape index (κ2) is 5.58. The number of nitrogens with one attached hydrogen (secondary N) is 1. The lowest BCUT2D eigenvalue weighted by atomic mass is 9.96. The molecule has 2 heterocycles. The average Bonchev–Trinajstić information content (AvgIpc) is 2.95. The molecule has 0 amide bonds. The van der Waals surface area contributed by atoms with Crippen molar-refractivity contribution >= 4 is 5.82 Å². The van der Waals surface area contributed by atoms with Crippen LogP contribution >= 0.6 is 0 Å². The summed E-state index contributed by atoms with van der Waals surface area (Å²) in [5.41, 5.74) is 11.8. The van der Waals surface area contributed by atoms with Gasteiger partial charge in [-0.2, -0.15) is 5.26 Å². The molecule has 0 saturated heterocycles. The van der Waals surface area contributed by atoms with Gasteiger partial charge in [0, 0.05) is 11.1 Å². The number of imidazole rings is 1. The highest BCUT2D eigenvalue weighted by Gasteiger charge is 2.19. The van der Waals surface area contributed by atoms with Gasteiger partial charge in [0.2, 0.25) is 0 Å². The number of aryl methyl sites for hydroxylation is 2. The Morgan fingerprint density at radius 1 is 1.13 bits per heavy atom. The van der Waals surface area contributed by atoms with Crippen LogP contribution in [0.4, 0.5) is 5.82 Å². The standard InChI is InChI=1S/C18H17N5/c1-10-4-6-13(7-5-10)17-11(2)16(14(8-19)18(20)23-17)15-9-21-12(3)22-15/h4-7,9H,1-3H3,(H2,20,23)(H,21,22). The Kier molecular flexibility index (Phi) is 3.59. The van der Waals surface area contributed by atoms with E-state index < -0.39 is 0 Å². The first-order valence-corrected chi connectivity index (χ1v) is 7.30. The van der Waals surface area contributed by atoms with Gasteiger partial charge in [-0.3, -0.25) is 0 Å². The third-order valence-corrected chi connectivity index (χ3v) is 3.88. The van der Waals surface area contributed by atoms with E-state index >= 15 is 0 Å². The first-order valence-electron chi connectivity index (χ1n) is 7.30. The number of aromatic amines is 1. The van der Waals surface area contributed by atoms with E-state index in [1.165, 1.54) is 5.56 Å². The maximum absolute atomic E-state index is 9.49. The summed E-state index contributed by atoms with van der Waals surface area (Å²) in [6, 6.07) is 10.3. The van der Waals surface area contributed by atoms with Crippen LogP contribution in [-0.4, -0.2) is 15.0 Å². The van der Waals surface area contributed by atoms with Gasteiger partial charge in [-0.15, -0.1) is 0 Å². The van der Waals surface area contributed by atoms with Crippen molar-refractivity contribution in [1.29, 1.82) is 5.26 Å². The van der Waals surface area contributed by atoms with Crippen LogP contribution in [0.5, 0.6) is 0 Å². The second-order valence-corrected chi connectivity index (χ2v) is 5.58. The number of nitriles is 1. The molecule has 0 atom stereocenters. The Hall–Kier alpha value is -3.13. The Labute approximate surface area is 134 Å². The van der Waals surface area contributed by atoms with E-state index in [1.807, 2.05) is 45.0 Å². The Morgan fingerprint density at radius 3 is 2.39 bits per heavy atom. The highest BCUT2D eigenvalue weighted by molar-refractivity contribution is 5.82. The molecule has 23 heavy (non-hydrogen) atoms. The first-order chi connectivity index (χ1) is 11.0. The largest absolute Gasteiger partial charge is 0.383 e. The van der Waals surface area contributed by atoms with Crippen LogP contribution in [0, 0.1) is 32.1 Å². The van der Waals surface area contributed by atoms with E-state index in [1.54, 1.807) is 6.20 Å². The van der Waals surface area contributed by atoms with Crippen LogP contribution in [0.25, 0.3) is 22.5 Å². The third kappa shape index (κ3) is 2.55. The molecule has 0 spiro atoms. The summed E-state index contributed by atoms with van der Waals surface area (Å²) in [4.78, 5) is 11.9. The third-order valence-electron chi connectivity index (χ3n) is 3.88. The molecule has 1 aromatic carbocycles. The lowest BCUT2D eigenvalue weighted by molar-refractivity contribution is 1.15. The van der Waals surface area contributed by atoms with Crippen molar-refractivity contribution in [3.05, 3.63) is 53.0 Å². The first kappa shape index (κ1) is 14.8. The average molecular weight is 303 g/mol. The maximum atomic E-state index is 9.49. The monoisotopic (exact) mass is 303 g/mol. The zero-order valence-corrected chi connectivity index (χ0v) is 13.3. The van der Waals surface area contributed by atoms with Gasteiger partial charge in [0.1, 0.15) is 23.3 Å². The molecule has 5 heteroatoms. The molecular formula is C18H17N5. The number of nitrogen functional groups attached to an aromatic ring is 1. The van der Waals surface area contributed by atoms with E-state index in [0.29, 0.717) is 5.56 Å². The topological polar surface area (TPSA) is 91.4 Å². The van der Waals surface area contributed by atoms with Crippen molar-refractivity contribution < 1.29 is 0 Å². The predicted molar refractivity (Wildman–Crippen MR) is 90.6 cm³/mol. The number of rotatable bonds is 2. The molecule has 0 aliphatic rings. The maximum Gasteiger partial charge on any atom is 0.142 e. The molecule has 0 radical (unpaired) electrons. The van der Waals surface area contributed by atoms with Gasteiger partial charge in [0.15, 0.2) is 0 Å². The van der Waals surface area contributed by atoms with Crippen molar-refractivity contribution in [2.75, 3.05) is 5.73 Å². The SMILES string of the molecule is Cc1ccc(-c2nc(N)c(C#N)c(-c3cnc(C)[nH]3)c2C)cc1. The smallest absolute Gasteiger partial charge is 0.142 e. The molecule has 0 saturated carbocycles. The fourth-order valence-electron chi connectivity index (χ4n) is 2.68. The Balaban J connectivity index is 2.30. The lowest BCUT2D eigenvalue weighted by Gasteiger charge is -2.14. The van der Waals surface area contributed by atoms with Gasteiger partial charge >= 0.3 is 0 Å². The van der Waals surface area contributed by atoms with Gasteiger partial charge in [-0.25, -0.2) is 9.97 Å². The van der Waals surface area contributed by atoms with Gasteiger partial charge < -0.3 is 10.7 Å². The van der Waals surface area contributed by atoms with E-state index in [0.717, 1.165) is 33.9 Å². The molecular weight excluding hydrogens is 286 g/mol. The highest BCUT2D eigenvalue weighted by Crippen LogP contribution is 2.34. The van der Waals surface area contributed by atoms with Gasteiger partial charge in [0.25, 0.3) is 0 Å². The number of hydrogen-bond acceptors (Lipinski definition) is 4. The number of nitrogens with zero attached hydrogens (tertiary/aromatic N) is 3. The van der Waals surface area contributed by atoms with E-state index in [4.69, 9.17) is 5.73 Å². The van der Waals surface area contributed by atoms with Gasteiger partial charge in [0.05, 0.1) is 17.6 Å². The number of benzene rings is 1. The summed E-state index contributed by atoms with van der Waals surface area (Å²) in [5.74, 6) is 1.02. The van der Waals surface area contributed by atoms with Crippen LogP contribution in [-0.2, 0) is 0 Å². The summed E-state index contributed by atoms with van der Waals surface area (Å²) in [6.07, 6.45) is 1.72. The van der Waals surface area contributed by atoms with Crippen LogP contribution in [0.2, 0.25) is 0 Å². The fraction of sp³-hybridized carbons (Fsp3) is 0.167. The summed E-state index contributed by atoms with van der Waals surface area (Å²) in [6.45, 7) is 5.86. The minimum absolute atomic E-state index is 0.232. The number of anilines is 1. The molecule has 0 aliphatic heterocycles. The Morgan fingerprint density at radius 2 is 1.83 bits per heavy atom. The molecule has 2 aromatic heterocycles. The summed E-state index contributed by atoms with van der Waals surface area (Å²) < 4.78 is 0. The highest BCUT2D eigenvalue weighted by atomic mass is 14.9. The lowest BCUT2D eigenvalue weighted by Crippen LogP contribution is -2.03. The van der Waals surface area contributed by atoms with Gasteiger partial charge in [-0.1, -0.05) is 29.8 Å². The van der Waals surface area contributed by atoms with E-state index in [2.05, 4.69) is 21.0 Å². The quantitative estimate of drug-likeness (QED) is 0.757. The van der Waals surface area contributed by atoms with E-state index in [9.17, 15) is 5.26 Å². The number of H-pyrrole nitrogens is 1. The molecule has 114 valence electrons. The van der Waals surface area contributed by atoms with Crippen LogP contribution in [0.15, 0.2) is 30.5 Å². The minimum Gasteiger partial charge on any atom is -0.383 e. The predicted octanol–water partition coefficient (Wildman–Crippen LogP) is 3.52. The number of nitrogens with two attached hydrogens (primary N) is 1. The van der Waals surface area contributed by atoms with Crippen molar-refractivity contribution in [3.8, 4) is 28.6 Å². The molecule has 0 aliphatic carbocycles. The Bertz CT molecular complexity index is 914. The normalized spacial score (nSPS) is 10.5. The summed E-state index contributed by atoms with van der Waals surface area (Å²) >= 11 is 0. The number of aromatic nitrogens is 3. The molecule has 0 fully saturated rings. The van der Waals surface area contributed by atoms with E-state index in [-0.39, 0.29) is 5.82 Å². The van der Waals surface area contributed by atoms with Crippen LogP contribution in [0.1, 0.15) is 22.5 Å². The number of pyridine rings is 1. The molecule has 0 bridgehead atoms. The summed E-state index contributed by atoms with van der Waals surface area (Å²) in [7, 11) is 0. The van der Waals surface area contributed by atoms with Crippen molar-refractivity contribution in [1.82, 2.24) is 15.0 Å². The molecule has 5 nitrogen and oxygen atoms in total. The van der Waals surface area contributed by atoms with Gasteiger partial charge in [-0.05, 0) is 26.3 Å². The molecule has 0 unspecified atom stereocenters. The zero-order valence-electron chi connectivity index (χ0n) is 13.3. The van der Waals surface area contributed by atoms with Crippen molar-refractivity contribution in [2.45, 2.75) is 20.8 Å². The fourth-order valence-corrected chi connectivity index (χ4v) is 2.68. The number of hydrogen-bond donors (Lipinski definition) is 2. The summed E-state index contributed by atoms with van der Waals surface area (Å²) in [5, 5.41) is 9.49.